The lowest BCUT2D eigenvalue weighted by Crippen LogP contribution is -2.23. The van der Waals surface area contributed by atoms with Crippen LogP contribution in [0.15, 0.2) is 12.2 Å². The fraction of sp³-hybridized carbons (Fsp3) is 0.739. The molecule has 3 unspecified atom stereocenters. The molecular formula is C23H36O6. The van der Waals surface area contributed by atoms with Gasteiger partial charge in [-0.1, -0.05) is 45.1 Å². The molecule has 164 valence electrons. The van der Waals surface area contributed by atoms with Crippen LogP contribution < -0.4 is 0 Å². The zero-order valence-electron chi connectivity index (χ0n) is 18.1. The Kier molecular flexibility index (Phi) is 12.2. The van der Waals surface area contributed by atoms with Crippen molar-refractivity contribution in [1.82, 2.24) is 0 Å². The molecule has 0 radical (unpaired) electrons. The number of Topliss-reactive ketones (excluding diaryl/α,β-unsaturated/α-hetero) is 1. The molecule has 0 heterocycles. The van der Waals surface area contributed by atoms with Crippen LogP contribution in [0.5, 0.6) is 0 Å². The minimum Gasteiger partial charge on any atom is -0.469 e. The number of unbranched alkanes of at least 4 members (excludes halogenated alkanes) is 5. The van der Waals surface area contributed by atoms with E-state index in [4.69, 9.17) is 4.74 Å². The highest BCUT2D eigenvalue weighted by Gasteiger charge is 2.42. The van der Waals surface area contributed by atoms with Crippen molar-refractivity contribution >= 4 is 23.5 Å². The van der Waals surface area contributed by atoms with Crippen molar-refractivity contribution < 1.29 is 28.7 Å². The van der Waals surface area contributed by atoms with Crippen LogP contribution in [0.2, 0.25) is 0 Å². The summed E-state index contributed by atoms with van der Waals surface area (Å²) in [4.78, 5) is 47.1. The van der Waals surface area contributed by atoms with Crippen molar-refractivity contribution in [2.45, 2.75) is 90.6 Å². The van der Waals surface area contributed by atoms with E-state index in [1.165, 1.54) is 14.0 Å². The largest absolute Gasteiger partial charge is 0.469 e. The van der Waals surface area contributed by atoms with E-state index in [-0.39, 0.29) is 35.8 Å². The molecule has 6 nitrogen and oxygen atoms in total. The van der Waals surface area contributed by atoms with Crippen molar-refractivity contribution in [3.05, 3.63) is 12.2 Å². The number of methoxy groups -OCH3 is 1. The smallest absolute Gasteiger partial charge is 0.305 e. The first-order valence-electron chi connectivity index (χ1n) is 10.9. The molecule has 0 N–H and O–H groups in total. The van der Waals surface area contributed by atoms with Crippen molar-refractivity contribution in [3.8, 4) is 0 Å². The summed E-state index contributed by atoms with van der Waals surface area (Å²) in [5, 5.41) is 0. The Balaban J connectivity index is 2.59. The molecule has 1 aliphatic rings. The van der Waals surface area contributed by atoms with Crippen LogP contribution in [0.4, 0.5) is 0 Å². The number of carbonyl (C=O) groups excluding carboxylic acids is 4. The van der Waals surface area contributed by atoms with Crippen LogP contribution in [-0.2, 0) is 28.7 Å². The predicted molar refractivity (Wildman–Crippen MR) is 110 cm³/mol. The molecule has 0 aromatic carbocycles. The Morgan fingerprint density at radius 1 is 1.03 bits per heavy atom. The van der Waals surface area contributed by atoms with Crippen LogP contribution in [0.3, 0.4) is 0 Å². The van der Waals surface area contributed by atoms with E-state index in [1.54, 1.807) is 12.2 Å². The number of allylic oxidation sites excluding steroid dienone is 1. The third-order valence-electron chi connectivity index (χ3n) is 5.43. The summed E-state index contributed by atoms with van der Waals surface area (Å²) >= 11 is 0. The lowest BCUT2D eigenvalue weighted by Gasteiger charge is -2.20. The summed E-state index contributed by atoms with van der Waals surface area (Å²) < 4.78 is 9.99. The summed E-state index contributed by atoms with van der Waals surface area (Å²) in [6.07, 6.45) is 11.1. The number of rotatable bonds is 14. The Bertz CT molecular complexity index is 580. The van der Waals surface area contributed by atoms with Gasteiger partial charge in [0.15, 0.2) is 5.78 Å². The second-order valence-electron chi connectivity index (χ2n) is 7.81. The molecule has 29 heavy (non-hydrogen) atoms. The normalized spacial score (nSPS) is 21.5. The molecule has 0 saturated heterocycles. The fourth-order valence-electron chi connectivity index (χ4n) is 3.84. The number of hydrogen-bond donors (Lipinski definition) is 0. The first kappa shape index (κ1) is 25.1. The van der Waals surface area contributed by atoms with Gasteiger partial charge in [0.25, 0.3) is 0 Å². The van der Waals surface area contributed by atoms with Gasteiger partial charge in [-0.25, -0.2) is 0 Å². The average Bonchev–Trinajstić information content (AvgIpc) is 2.96. The van der Waals surface area contributed by atoms with Gasteiger partial charge in [-0.15, -0.1) is 0 Å². The highest BCUT2D eigenvalue weighted by Crippen LogP contribution is 2.36. The Morgan fingerprint density at radius 3 is 2.38 bits per heavy atom. The topological polar surface area (TPSA) is 86.7 Å². The third-order valence-corrected chi connectivity index (χ3v) is 5.43. The number of ether oxygens (including phenoxy) is 2. The molecule has 1 rings (SSSR count). The Labute approximate surface area is 174 Å². The quantitative estimate of drug-likeness (QED) is 0.241. The van der Waals surface area contributed by atoms with Crippen LogP contribution in [0, 0.1) is 11.8 Å². The van der Waals surface area contributed by atoms with Crippen molar-refractivity contribution in [2.24, 2.45) is 11.8 Å². The summed E-state index contributed by atoms with van der Waals surface area (Å²) in [5.41, 5.74) is 0. The lowest BCUT2D eigenvalue weighted by atomic mass is 9.88. The van der Waals surface area contributed by atoms with Gasteiger partial charge in [0.2, 0.25) is 0 Å². The lowest BCUT2D eigenvalue weighted by molar-refractivity contribution is -0.147. The molecule has 0 aliphatic heterocycles. The zero-order chi connectivity index (χ0) is 21.6. The second-order valence-corrected chi connectivity index (χ2v) is 7.81. The van der Waals surface area contributed by atoms with Gasteiger partial charge >= 0.3 is 11.9 Å². The first-order chi connectivity index (χ1) is 13.9. The summed E-state index contributed by atoms with van der Waals surface area (Å²) in [5.74, 6) is -0.913. The van der Waals surface area contributed by atoms with E-state index >= 15 is 0 Å². The number of esters is 2. The standard InChI is InChI=1S/C23H36O6/c1-4-5-8-11-18(25)14-15-20-19(21(26)16-22(20)29-17(2)24)12-9-6-7-10-13-23(27)28-3/h14-15,19-20,22H,4-13,16H2,1-3H3. The highest BCUT2D eigenvalue weighted by molar-refractivity contribution is 5.90. The summed E-state index contributed by atoms with van der Waals surface area (Å²) in [6, 6.07) is 0. The van der Waals surface area contributed by atoms with Crippen molar-refractivity contribution in [2.75, 3.05) is 7.11 Å². The number of carbonyl (C=O) groups is 4. The van der Waals surface area contributed by atoms with E-state index in [0.29, 0.717) is 19.3 Å². The van der Waals surface area contributed by atoms with E-state index in [9.17, 15) is 19.2 Å². The van der Waals surface area contributed by atoms with Crippen LogP contribution in [-0.4, -0.2) is 36.7 Å². The van der Waals surface area contributed by atoms with E-state index in [0.717, 1.165) is 44.9 Å². The first-order valence-corrected chi connectivity index (χ1v) is 10.9. The van der Waals surface area contributed by atoms with Gasteiger partial charge in [0.1, 0.15) is 11.9 Å². The summed E-state index contributed by atoms with van der Waals surface area (Å²) in [6.45, 7) is 3.43. The molecule has 0 bridgehead atoms. The molecule has 6 heteroatoms. The molecule has 1 fully saturated rings. The van der Waals surface area contributed by atoms with Gasteiger partial charge in [0.05, 0.1) is 7.11 Å². The SMILES string of the molecule is CCCCCC(=O)C=CC1C(OC(C)=O)CC(=O)C1CCCCCCC(=O)OC. The van der Waals surface area contributed by atoms with Gasteiger partial charge in [0, 0.05) is 38.0 Å². The number of hydrogen-bond acceptors (Lipinski definition) is 6. The molecule has 1 saturated carbocycles. The van der Waals surface area contributed by atoms with Gasteiger partial charge in [-0.2, -0.15) is 0 Å². The van der Waals surface area contributed by atoms with Gasteiger partial charge in [-0.05, 0) is 25.3 Å². The molecule has 0 spiro atoms. The highest BCUT2D eigenvalue weighted by atomic mass is 16.5. The molecule has 0 aromatic heterocycles. The third kappa shape index (κ3) is 9.86. The fourth-order valence-corrected chi connectivity index (χ4v) is 3.84. The Morgan fingerprint density at radius 2 is 1.72 bits per heavy atom. The van der Waals surface area contributed by atoms with E-state index in [2.05, 4.69) is 11.7 Å². The van der Waals surface area contributed by atoms with Gasteiger partial charge in [-0.3, -0.25) is 19.2 Å². The second kappa shape index (κ2) is 14.1. The molecule has 1 aliphatic carbocycles. The van der Waals surface area contributed by atoms with Crippen LogP contribution in [0.1, 0.15) is 84.5 Å². The maximum absolute atomic E-state index is 12.5. The Hall–Kier alpha value is -1.98. The molecule has 0 amide bonds. The monoisotopic (exact) mass is 408 g/mol. The van der Waals surface area contributed by atoms with Crippen LogP contribution >= 0.6 is 0 Å². The maximum atomic E-state index is 12.5. The predicted octanol–water partition coefficient (Wildman–Crippen LogP) is 4.34. The minimum absolute atomic E-state index is 0.0564. The maximum Gasteiger partial charge on any atom is 0.305 e. The van der Waals surface area contributed by atoms with Crippen molar-refractivity contribution in [3.63, 3.8) is 0 Å². The average molecular weight is 409 g/mol. The summed E-state index contributed by atoms with van der Waals surface area (Å²) in [7, 11) is 1.38. The van der Waals surface area contributed by atoms with Crippen molar-refractivity contribution in [1.29, 1.82) is 0 Å². The van der Waals surface area contributed by atoms with Gasteiger partial charge < -0.3 is 9.47 Å². The zero-order valence-corrected chi connectivity index (χ0v) is 18.1. The minimum atomic E-state index is -0.482. The molecule has 3 atom stereocenters. The van der Waals surface area contributed by atoms with E-state index < -0.39 is 12.1 Å². The molecule has 0 aromatic rings. The van der Waals surface area contributed by atoms with Crippen LogP contribution in [0.25, 0.3) is 0 Å². The number of ketones is 2. The van der Waals surface area contributed by atoms with E-state index in [1.807, 2.05) is 0 Å². The molecular weight excluding hydrogens is 372 g/mol.